The fraction of sp³-hybridized carbons (Fsp3) is 0.486. The first-order valence-corrected chi connectivity index (χ1v) is 20.3. The van der Waals surface area contributed by atoms with Crippen LogP contribution in [0.4, 0.5) is 15.4 Å². The number of imide groups is 1. The molecule has 4 aromatic rings. The van der Waals surface area contributed by atoms with E-state index in [9.17, 15) is 22.8 Å². The van der Waals surface area contributed by atoms with Gasteiger partial charge in [0.1, 0.15) is 10.6 Å². The monoisotopic (exact) mass is 762 g/mol. The lowest BCUT2D eigenvalue weighted by atomic mass is 9.89. The predicted molar refractivity (Wildman–Crippen MR) is 202 cm³/mol. The summed E-state index contributed by atoms with van der Waals surface area (Å²) < 4.78 is 35.7. The highest BCUT2D eigenvalue weighted by Crippen LogP contribution is 2.35. The van der Waals surface area contributed by atoms with Gasteiger partial charge >= 0.3 is 12.1 Å². The quantitative estimate of drug-likeness (QED) is 0.246. The van der Waals surface area contributed by atoms with E-state index >= 15 is 0 Å². The molecule has 282 valence electrons. The maximum absolute atomic E-state index is 13.4. The summed E-state index contributed by atoms with van der Waals surface area (Å²) >= 11 is 1.18. The molecule has 53 heavy (non-hydrogen) atoms. The lowest BCUT2D eigenvalue weighted by Gasteiger charge is -2.32. The van der Waals surface area contributed by atoms with Gasteiger partial charge in [-0.3, -0.25) is 24.6 Å². The zero-order chi connectivity index (χ0) is 37.5. The molecule has 3 aliphatic rings. The molecule has 0 unspecified atom stereocenters. The van der Waals surface area contributed by atoms with E-state index in [-0.39, 0.29) is 22.6 Å². The second-order valence-electron chi connectivity index (χ2n) is 15.0. The average Bonchev–Trinajstić information content (AvgIpc) is 3.74. The fourth-order valence-electron chi connectivity index (χ4n) is 7.26. The summed E-state index contributed by atoms with van der Waals surface area (Å²) in [5.41, 5.74) is 3.70. The standard InChI is InChI=1S/C37H46N8O6S2/c1-37(2,3)51-36(48)39-28-13-18-44(19-14-28)53(49,50)32-22-38-34(52-32)26-7-5-24(6-8-26)23-43-16-11-25(12-17-43)27-9-10-29-30(21-27)42(4)41-33(29)45-20-15-31(46)40-35(45)47/h5-10,21-22,25,28H,11-20,23H2,1-4H3,(H,39,48)(H,40,46,47). The van der Waals surface area contributed by atoms with Crippen LogP contribution in [-0.4, -0.2) is 94.8 Å². The average molecular weight is 763 g/mol. The van der Waals surface area contributed by atoms with Gasteiger partial charge in [0.25, 0.3) is 10.0 Å². The maximum Gasteiger partial charge on any atom is 0.407 e. The number of fused-ring (bicyclic) bond motifs is 1. The van der Waals surface area contributed by atoms with Gasteiger partial charge < -0.3 is 10.1 Å². The number of piperidine rings is 2. The number of anilines is 1. The number of rotatable bonds is 8. The van der Waals surface area contributed by atoms with Crippen molar-refractivity contribution in [2.24, 2.45) is 7.05 Å². The predicted octanol–water partition coefficient (Wildman–Crippen LogP) is 5.20. The Morgan fingerprint density at radius 3 is 2.40 bits per heavy atom. The molecule has 0 atom stereocenters. The third-order valence-electron chi connectivity index (χ3n) is 10.1. The molecule has 0 radical (unpaired) electrons. The number of benzene rings is 2. The molecule has 0 aliphatic carbocycles. The second-order valence-corrected chi connectivity index (χ2v) is 18.2. The van der Waals surface area contributed by atoms with E-state index in [4.69, 9.17) is 4.74 Å². The van der Waals surface area contributed by atoms with Crippen LogP contribution in [0.2, 0.25) is 0 Å². The number of carbonyl (C=O) groups is 3. The minimum atomic E-state index is -3.69. The number of nitrogens with zero attached hydrogens (tertiary/aromatic N) is 6. The Morgan fingerprint density at radius 2 is 1.72 bits per heavy atom. The summed E-state index contributed by atoms with van der Waals surface area (Å²) in [6.45, 7) is 9.11. The maximum atomic E-state index is 13.4. The molecular weight excluding hydrogens is 717 g/mol. The van der Waals surface area contributed by atoms with Crippen molar-refractivity contribution >= 4 is 56.1 Å². The van der Waals surface area contributed by atoms with Crippen molar-refractivity contribution in [1.82, 2.24) is 34.6 Å². The lowest BCUT2D eigenvalue weighted by molar-refractivity contribution is -0.120. The van der Waals surface area contributed by atoms with E-state index in [1.165, 1.54) is 37.9 Å². The molecule has 16 heteroatoms. The molecule has 2 aromatic heterocycles. The Hall–Kier alpha value is -4.38. The number of ether oxygens (including phenoxy) is 1. The van der Waals surface area contributed by atoms with Crippen LogP contribution in [0.15, 0.2) is 52.9 Å². The Kier molecular flexibility index (Phi) is 10.3. The number of thiazole rings is 1. The van der Waals surface area contributed by atoms with Crippen molar-refractivity contribution < 1.29 is 27.5 Å². The summed E-state index contributed by atoms with van der Waals surface area (Å²) in [5.74, 6) is 0.726. The van der Waals surface area contributed by atoms with Gasteiger partial charge in [-0.1, -0.05) is 30.3 Å². The van der Waals surface area contributed by atoms with Gasteiger partial charge in [0.2, 0.25) is 5.91 Å². The molecular formula is C37H46N8O6S2. The van der Waals surface area contributed by atoms with Crippen molar-refractivity contribution in [1.29, 1.82) is 0 Å². The number of sulfonamides is 1. The highest BCUT2D eigenvalue weighted by Gasteiger charge is 2.33. The van der Waals surface area contributed by atoms with Crippen molar-refractivity contribution in [2.45, 2.75) is 81.2 Å². The number of carbonyl (C=O) groups excluding carboxylic acids is 3. The molecule has 7 rings (SSSR count). The highest BCUT2D eigenvalue weighted by atomic mass is 32.2. The van der Waals surface area contributed by atoms with Crippen LogP contribution < -0.4 is 15.5 Å². The van der Waals surface area contributed by atoms with Gasteiger partial charge in [0.15, 0.2) is 10.0 Å². The highest BCUT2D eigenvalue weighted by molar-refractivity contribution is 7.91. The molecule has 0 bridgehead atoms. The van der Waals surface area contributed by atoms with E-state index in [0.717, 1.165) is 48.9 Å². The summed E-state index contributed by atoms with van der Waals surface area (Å²) in [7, 11) is -1.81. The number of aromatic nitrogens is 3. The molecule has 2 N–H and O–H groups in total. The van der Waals surface area contributed by atoms with Crippen LogP contribution in [0, 0.1) is 0 Å². The van der Waals surface area contributed by atoms with Crippen LogP contribution in [-0.2, 0) is 33.1 Å². The van der Waals surface area contributed by atoms with E-state index in [2.05, 4.69) is 49.9 Å². The fourth-order valence-corrected chi connectivity index (χ4v) is 10.0. The first kappa shape index (κ1) is 37.0. The van der Waals surface area contributed by atoms with E-state index in [1.807, 2.05) is 25.2 Å². The van der Waals surface area contributed by atoms with Crippen molar-refractivity contribution in [3.8, 4) is 10.6 Å². The Balaban J connectivity index is 0.910. The molecule has 0 spiro atoms. The molecule has 3 saturated heterocycles. The van der Waals surface area contributed by atoms with E-state index in [0.29, 0.717) is 49.2 Å². The Labute approximate surface area is 313 Å². The van der Waals surface area contributed by atoms with E-state index in [1.54, 1.807) is 25.5 Å². The van der Waals surface area contributed by atoms with Crippen molar-refractivity contribution in [2.75, 3.05) is 37.6 Å². The van der Waals surface area contributed by atoms with Gasteiger partial charge in [-0.05, 0) is 88.7 Å². The smallest absolute Gasteiger partial charge is 0.407 e. The van der Waals surface area contributed by atoms with Crippen LogP contribution in [0.1, 0.15) is 69.9 Å². The zero-order valence-corrected chi connectivity index (χ0v) is 32.1. The van der Waals surface area contributed by atoms with Crippen molar-refractivity contribution in [3.05, 3.63) is 59.8 Å². The van der Waals surface area contributed by atoms with Gasteiger partial charge in [-0.25, -0.2) is 23.0 Å². The largest absolute Gasteiger partial charge is 0.444 e. The molecule has 5 heterocycles. The van der Waals surface area contributed by atoms with Gasteiger partial charge in [0, 0.05) is 56.6 Å². The molecule has 3 fully saturated rings. The van der Waals surface area contributed by atoms with Gasteiger partial charge in [-0.2, -0.15) is 9.40 Å². The third kappa shape index (κ3) is 8.25. The SMILES string of the molecule is Cn1nc(N2CCC(=O)NC2=O)c2ccc(C3CCN(Cc4ccc(-c5ncc(S(=O)(=O)N6CCC(NC(=O)OC(C)(C)C)CC6)s5)cc4)CC3)cc21. The molecule has 2 aromatic carbocycles. The van der Waals surface area contributed by atoms with Gasteiger partial charge in [0.05, 0.1) is 11.7 Å². The second kappa shape index (κ2) is 14.8. The first-order valence-electron chi connectivity index (χ1n) is 18.1. The molecule has 14 nitrogen and oxygen atoms in total. The van der Waals surface area contributed by atoms with Crippen LogP contribution in [0.5, 0.6) is 0 Å². The number of aryl methyl sites for hydroxylation is 1. The molecule has 4 amide bonds. The Morgan fingerprint density at radius 1 is 1.00 bits per heavy atom. The first-order chi connectivity index (χ1) is 25.2. The number of hydrogen-bond acceptors (Lipinski definition) is 10. The molecule has 3 aliphatic heterocycles. The number of nitrogens with one attached hydrogen (secondary N) is 2. The lowest BCUT2D eigenvalue weighted by Crippen LogP contribution is -2.49. The number of likely N-dealkylation sites (tertiary alicyclic amines) is 1. The van der Waals surface area contributed by atoms with Crippen molar-refractivity contribution in [3.63, 3.8) is 0 Å². The number of amides is 4. The summed E-state index contributed by atoms with van der Waals surface area (Å²) in [6, 6.07) is 14.0. The van der Waals surface area contributed by atoms with Crippen LogP contribution in [0.25, 0.3) is 21.5 Å². The van der Waals surface area contributed by atoms with E-state index < -0.39 is 27.7 Å². The van der Waals surface area contributed by atoms with Crippen LogP contribution in [0.3, 0.4) is 0 Å². The number of hydrogen-bond donors (Lipinski definition) is 2. The van der Waals surface area contributed by atoms with Crippen LogP contribution >= 0.6 is 11.3 Å². The Bertz CT molecular complexity index is 2110. The minimum Gasteiger partial charge on any atom is -0.444 e. The zero-order valence-electron chi connectivity index (χ0n) is 30.5. The molecule has 0 saturated carbocycles. The summed E-state index contributed by atoms with van der Waals surface area (Å²) in [4.78, 5) is 44.7. The summed E-state index contributed by atoms with van der Waals surface area (Å²) in [6.07, 6.45) is 4.29. The number of urea groups is 1. The topological polar surface area (TPSA) is 159 Å². The number of alkyl carbamates (subject to hydrolysis) is 1. The third-order valence-corrected chi connectivity index (χ3v) is 13.5. The minimum absolute atomic E-state index is 0.136. The van der Waals surface area contributed by atoms with Gasteiger partial charge in [-0.15, -0.1) is 11.3 Å². The normalized spacial score (nSPS) is 18.8. The summed E-state index contributed by atoms with van der Waals surface area (Å²) in [5, 5.41) is 11.4.